The number of rotatable bonds is 15. The van der Waals surface area contributed by atoms with Crippen molar-refractivity contribution in [2.75, 3.05) is 45.8 Å². The Labute approximate surface area is 198 Å². The van der Waals surface area contributed by atoms with Gasteiger partial charge in [0.25, 0.3) is 0 Å². The van der Waals surface area contributed by atoms with Crippen LogP contribution in [0.5, 0.6) is 0 Å². The minimum atomic E-state index is -0.282. The number of hydrogen-bond acceptors (Lipinski definition) is 4. The van der Waals surface area contributed by atoms with Gasteiger partial charge in [-0.15, -0.1) is 0 Å². The molecule has 0 spiro atoms. The van der Waals surface area contributed by atoms with Crippen molar-refractivity contribution in [3.63, 3.8) is 0 Å². The zero-order chi connectivity index (χ0) is 25.7. The van der Waals surface area contributed by atoms with Gasteiger partial charge < -0.3 is 20.0 Å². The Morgan fingerprint density at radius 1 is 0.576 bits per heavy atom. The molecule has 0 aromatic rings. The molecule has 0 rings (SSSR count). The smallest absolute Gasteiger partial charge is 0.249 e. The van der Waals surface area contributed by atoms with E-state index in [0.29, 0.717) is 41.9 Å². The Morgan fingerprint density at radius 2 is 0.909 bits per heavy atom. The molecule has 0 saturated carbocycles. The molecule has 0 unspecified atom stereocenters. The van der Waals surface area contributed by atoms with Gasteiger partial charge in [0.05, 0.1) is 0 Å². The molecular weight excluding hydrogens is 420 g/mol. The summed E-state index contributed by atoms with van der Waals surface area (Å²) in [4.78, 5) is 54.3. The summed E-state index contributed by atoms with van der Waals surface area (Å²) < 4.78 is 0. The third-order valence-corrected chi connectivity index (χ3v) is 4.79. The molecule has 0 aliphatic carbocycles. The highest BCUT2D eigenvalue weighted by atomic mass is 16.2. The van der Waals surface area contributed by atoms with Crippen LogP contribution in [0.4, 0.5) is 0 Å². The normalized spacial score (nSPS) is 10.1. The maximum atomic E-state index is 12.7. The summed E-state index contributed by atoms with van der Waals surface area (Å²) in [6, 6.07) is 0. The van der Waals surface area contributed by atoms with Crippen LogP contribution in [0.25, 0.3) is 0 Å². The van der Waals surface area contributed by atoms with Crippen LogP contribution in [0.2, 0.25) is 0 Å². The highest BCUT2D eigenvalue weighted by Crippen LogP contribution is 2.06. The molecule has 8 heteroatoms. The Morgan fingerprint density at radius 3 is 1.21 bits per heavy atom. The lowest BCUT2D eigenvalue weighted by atomic mass is 10.2. The molecule has 8 nitrogen and oxygen atoms in total. The minimum absolute atomic E-state index is 0.146. The monoisotopic (exact) mass is 460 g/mol. The summed E-state index contributed by atoms with van der Waals surface area (Å²) in [7, 11) is 0. The summed E-state index contributed by atoms with van der Waals surface area (Å²) in [6.45, 7) is 25.5. The summed E-state index contributed by atoms with van der Waals surface area (Å²) in [5, 5.41) is 2.70. The predicted octanol–water partition coefficient (Wildman–Crippen LogP) is 2.30. The molecule has 0 aromatic heterocycles. The van der Waals surface area contributed by atoms with Crippen molar-refractivity contribution >= 4 is 23.6 Å². The van der Waals surface area contributed by atoms with Crippen LogP contribution in [-0.2, 0) is 19.2 Å². The summed E-state index contributed by atoms with van der Waals surface area (Å²) >= 11 is 0. The number of nitrogens with zero attached hydrogens (tertiary/aromatic N) is 3. The average Bonchev–Trinajstić information content (AvgIpc) is 2.74. The second kappa shape index (κ2) is 14.8. The van der Waals surface area contributed by atoms with E-state index in [0.717, 1.165) is 6.42 Å². The van der Waals surface area contributed by atoms with E-state index in [1.807, 2.05) is 6.92 Å². The molecule has 0 aromatic carbocycles. The molecule has 0 bridgehead atoms. The van der Waals surface area contributed by atoms with E-state index in [2.05, 4.69) is 31.6 Å². The van der Waals surface area contributed by atoms with E-state index >= 15 is 0 Å². The molecule has 0 atom stereocenters. The third-order valence-electron chi connectivity index (χ3n) is 4.79. The molecule has 33 heavy (non-hydrogen) atoms. The van der Waals surface area contributed by atoms with Crippen LogP contribution >= 0.6 is 0 Å². The Hall–Kier alpha value is -3.16. The Kier molecular flexibility index (Phi) is 13.4. The molecule has 0 fully saturated rings. The summed E-state index contributed by atoms with van der Waals surface area (Å²) in [5.41, 5.74) is 1.55. The fraction of sp³-hybridized carbons (Fsp3) is 0.520. The molecule has 4 amide bonds. The SMILES string of the molecule is C=C(C)C(=O)NCCN(CCN(CCN(CCC)C(=O)C(=C)C)C(=O)C(=C)C)C(=O)C(=C)C. The maximum absolute atomic E-state index is 12.7. The molecular formula is C25H40N4O4. The fourth-order valence-corrected chi connectivity index (χ4v) is 2.96. The van der Waals surface area contributed by atoms with Crippen LogP contribution < -0.4 is 5.32 Å². The van der Waals surface area contributed by atoms with Crippen molar-refractivity contribution in [1.29, 1.82) is 0 Å². The molecule has 1 N–H and O–H groups in total. The van der Waals surface area contributed by atoms with Crippen LogP contribution in [-0.4, -0.2) is 84.1 Å². The summed E-state index contributed by atoms with van der Waals surface area (Å²) in [6.07, 6.45) is 0.782. The first-order valence-corrected chi connectivity index (χ1v) is 11.1. The average molecular weight is 461 g/mol. The Bertz CT molecular complexity index is 800. The second-order valence-electron chi connectivity index (χ2n) is 8.25. The van der Waals surface area contributed by atoms with Gasteiger partial charge >= 0.3 is 0 Å². The van der Waals surface area contributed by atoms with E-state index in [4.69, 9.17) is 0 Å². The lowest BCUT2D eigenvalue weighted by Gasteiger charge is -2.31. The van der Waals surface area contributed by atoms with Crippen LogP contribution in [0.15, 0.2) is 48.6 Å². The zero-order valence-electron chi connectivity index (χ0n) is 21.0. The topological polar surface area (TPSA) is 90.0 Å². The zero-order valence-corrected chi connectivity index (χ0v) is 21.0. The van der Waals surface area contributed by atoms with Gasteiger partial charge in [0, 0.05) is 68.1 Å². The van der Waals surface area contributed by atoms with Crippen molar-refractivity contribution in [2.45, 2.75) is 41.0 Å². The maximum Gasteiger partial charge on any atom is 0.249 e. The van der Waals surface area contributed by atoms with Crippen LogP contribution in [0.1, 0.15) is 41.0 Å². The van der Waals surface area contributed by atoms with Crippen molar-refractivity contribution < 1.29 is 19.2 Å². The van der Waals surface area contributed by atoms with Gasteiger partial charge in [-0.1, -0.05) is 33.2 Å². The number of amides is 4. The van der Waals surface area contributed by atoms with Crippen molar-refractivity contribution in [3.8, 4) is 0 Å². The molecule has 184 valence electrons. The number of nitrogens with one attached hydrogen (secondary N) is 1. The van der Waals surface area contributed by atoms with Gasteiger partial charge in [-0.2, -0.15) is 0 Å². The quantitative estimate of drug-likeness (QED) is 0.380. The third kappa shape index (κ3) is 10.8. The van der Waals surface area contributed by atoms with Crippen molar-refractivity contribution in [2.24, 2.45) is 0 Å². The minimum Gasteiger partial charge on any atom is -0.351 e. The van der Waals surface area contributed by atoms with Crippen molar-refractivity contribution in [1.82, 2.24) is 20.0 Å². The van der Waals surface area contributed by atoms with Gasteiger partial charge in [0.2, 0.25) is 23.6 Å². The number of carbonyl (C=O) groups excluding carboxylic acids is 4. The fourth-order valence-electron chi connectivity index (χ4n) is 2.96. The number of carbonyl (C=O) groups is 4. The Balaban J connectivity index is 5.36. The largest absolute Gasteiger partial charge is 0.351 e. The standard InChI is InChI=1S/C25H40N4O4/c1-10-12-27(23(31)19(4)5)14-16-29(25(33)21(8)9)17-15-28(24(32)20(6)7)13-11-26-22(30)18(2)3/h2,4,6,8,10-17H2,1,3,5,7,9H3,(H,26,30). The lowest BCUT2D eigenvalue weighted by Crippen LogP contribution is -2.47. The lowest BCUT2D eigenvalue weighted by molar-refractivity contribution is -0.132. The van der Waals surface area contributed by atoms with Crippen LogP contribution in [0, 0.1) is 0 Å². The molecule has 0 aliphatic heterocycles. The molecule has 0 aliphatic rings. The van der Waals surface area contributed by atoms with Crippen molar-refractivity contribution in [3.05, 3.63) is 48.6 Å². The predicted molar refractivity (Wildman–Crippen MR) is 132 cm³/mol. The van der Waals surface area contributed by atoms with Gasteiger partial charge in [-0.05, 0) is 34.1 Å². The second-order valence-corrected chi connectivity index (χ2v) is 8.25. The van der Waals surface area contributed by atoms with Gasteiger partial charge in [-0.25, -0.2) is 0 Å². The highest BCUT2D eigenvalue weighted by molar-refractivity contribution is 5.94. The highest BCUT2D eigenvalue weighted by Gasteiger charge is 2.21. The first-order chi connectivity index (χ1) is 15.3. The van der Waals surface area contributed by atoms with E-state index in [1.165, 1.54) is 0 Å². The van der Waals surface area contributed by atoms with E-state index < -0.39 is 0 Å². The van der Waals surface area contributed by atoms with Gasteiger partial charge in [0.1, 0.15) is 0 Å². The van der Waals surface area contributed by atoms with Crippen LogP contribution in [0.3, 0.4) is 0 Å². The van der Waals surface area contributed by atoms with Gasteiger partial charge in [0.15, 0.2) is 0 Å². The number of hydrogen-bond donors (Lipinski definition) is 1. The molecule has 0 radical (unpaired) electrons. The summed E-state index contributed by atoms with van der Waals surface area (Å²) in [5.74, 6) is -0.929. The van der Waals surface area contributed by atoms with Gasteiger partial charge in [-0.3, -0.25) is 19.2 Å². The molecule has 0 saturated heterocycles. The molecule has 0 heterocycles. The van der Waals surface area contributed by atoms with E-state index in [9.17, 15) is 19.2 Å². The van der Waals surface area contributed by atoms with E-state index in [-0.39, 0.29) is 49.8 Å². The first-order valence-electron chi connectivity index (χ1n) is 11.1. The first kappa shape index (κ1) is 29.8. The van der Waals surface area contributed by atoms with E-state index in [1.54, 1.807) is 42.4 Å².